The summed E-state index contributed by atoms with van der Waals surface area (Å²) in [4.78, 5) is 12.5. The van der Waals surface area contributed by atoms with E-state index in [4.69, 9.17) is 11.6 Å². The van der Waals surface area contributed by atoms with Crippen molar-refractivity contribution >= 4 is 23.1 Å². The fourth-order valence-electron chi connectivity index (χ4n) is 3.75. The Morgan fingerprint density at radius 3 is 2.38 bits per heavy atom. The third-order valence-electron chi connectivity index (χ3n) is 5.77. The summed E-state index contributed by atoms with van der Waals surface area (Å²) in [5.41, 5.74) is -2.39. The van der Waals surface area contributed by atoms with Crippen LogP contribution in [0.5, 0.6) is 5.88 Å². The monoisotopic (exact) mass is 595 g/mol. The highest BCUT2D eigenvalue weighted by atomic mass is 35.5. The topological polar surface area (TPSA) is 74.0 Å². The van der Waals surface area contributed by atoms with E-state index in [1.807, 2.05) is 0 Å². The van der Waals surface area contributed by atoms with Crippen LogP contribution in [0.4, 0.5) is 43.9 Å². The molecule has 1 N–H and O–H groups in total. The van der Waals surface area contributed by atoms with Crippen LogP contribution in [-0.4, -0.2) is 50.0 Å². The van der Waals surface area contributed by atoms with Crippen LogP contribution in [0.3, 0.4) is 0 Å². The summed E-state index contributed by atoms with van der Waals surface area (Å²) in [6.07, 6.45) is -18.6. The van der Waals surface area contributed by atoms with E-state index in [1.165, 1.54) is 0 Å². The number of carbonyl (C=O) groups excluding carboxylic acids is 1. The second-order valence-electron chi connectivity index (χ2n) is 8.76. The van der Waals surface area contributed by atoms with Crippen LogP contribution in [0.15, 0.2) is 29.3 Å². The summed E-state index contributed by atoms with van der Waals surface area (Å²) >= 11 is 6.02. The zero-order chi connectivity index (χ0) is 29.1. The van der Waals surface area contributed by atoms with Gasteiger partial charge in [0.25, 0.3) is 12.1 Å². The summed E-state index contributed by atoms with van der Waals surface area (Å²) < 4.78 is 139. The number of hydrogen-bond acceptors (Lipinski definition) is 4. The number of aromatic nitrogens is 4. The van der Waals surface area contributed by atoms with Gasteiger partial charge in [0.15, 0.2) is 11.4 Å². The zero-order valence-electron chi connectivity index (χ0n) is 19.3. The van der Waals surface area contributed by atoms with Crippen molar-refractivity contribution < 1.29 is 53.4 Å². The molecular formula is C21H16ClF10N5O2. The lowest BCUT2D eigenvalue weighted by Crippen LogP contribution is -2.46. The number of nitrogens with zero attached hydrogens (tertiary/aromatic N) is 4. The van der Waals surface area contributed by atoms with E-state index in [-0.39, 0.29) is 28.6 Å². The number of allylic oxidation sites excluding steroid dienone is 3. The molecule has 0 spiro atoms. The van der Waals surface area contributed by atoms with Crippen molar-refractivity contribution in [3.05, 3.63) is 40.5 Å². The van der Waals surface area contributed by atoms with Gasteiger partial charge < -0.3 is 10.1 Å². The number of aryl methyl sites for hydroxylation is 1. The van der Waals surface area contributed by atoms with Gasteiger partial charge >= 0.3 is 18.5 Å². The fraction of sp³-hybridized carbons (Fsp3) is 0.476. The van der Waals surface area contributed by atoms with Crippen LogP contribution in [0, 0.1) is 5.92 Å². The number of hydrogen-bond donors (Lipinski definition) is 1. The first-order chi connectivity index (χ1) is 17.9. The Bertz CT molecular complexity index is 1340. The standard InChI is InChI=1S/C21H16ClF10N5O2/c1-36-17(14(19(25,26)27)16(35-36)39-21(31,32)18(24)20(28,29)30)37-7-8(6-33-37)10-4-11(12(22)5-13(10)23)15(38)34-9-2-3-9/h5-7,9,11,18H,2-4H2,1H3,(H,34,38). The Hall–Kier alpha value is -3.24. The van der Waals surface area contributed by atoms with E-state index in [2.05, 4.69) is 20.3 Å². The minimum atomic E-state index is -6.15. The molecule has 0 aromatic carbocycles. The van der Waals surface area contributed by atoms with E-state index in [9.17, 15) is 48.7 Å². The zero-order valence-corrected chi connectivity index (χ0v) is 20.1. The first-order valence-electron chi connectivity index (χ1n) is 10.9. The Morgan fingerprint density at radius 1 is 1.18 bits per heavy atom. The SMILES string of the molecule is Cn1nc(OC(F)(F)C(F)C(F)(F)F)c(C(F)(F)F)c1-n1cc(C2=C(F)C=C(Cl)C(C(=O)NC3CC3)C2)cn1. The summed E-state index contributed by atoms with van der Waals surface area (Å²) in [6, 6.07) is -0.0397. The molecule has 2 aromatic rings. The van der Waals surface area contributed by atoms with Gasteiger partial charge in [0, 0.05) is 29.9 Å². The van der Waals surface area contributed by atoms with Crippen molar-refractivity contribution in [2.45, 2.75) is 49.9 Å². The Balaban J connectivity index is 1.70. The number of amides is 1. The molecule has 0 bridgehead atoms. The van der Waals surface area contributed by atoms with Crippen LogP contribution >= 0.6 is 11.6 Å². The summed E-state index contributed by atoms with van der Waals surface area (Å²) in [7, 11) is 0.800. The number of halogens is 11. The molecule has 2 aromatic heterocycles. The lowest BCUT2D eigenvalue weighted by Gasteiger charge is -2.22. The summed E-state index contributed by atoms with van der Waals surface area (Å²) in [6.45, 7) is 0. The molecule has 0 aliphatic heterocycles. The van der Waals surface area contributed by atoms with E-state index < -0.39 is 59.5 Å². The average Bonchev–Trinajstić information content (AvgIpc) is 3.35. The molecule has 4 rings (SSSR count). The van der Waals surface area contributed by atoms with Crippen molar-refractivity contribution in [1.29, 1.82) is 0 Å². The van der Waals surface area contributed by atoms with Crippen LogP contribution in [-0.2, 0) is 18.0 Å². The Kier molecular flexibility index (Phi) is 7.19. The Morgan fingerprint density at radius 2 is 1.82 bits per heavy atom. The van der Waals surface area contributed by atoms with Gasteiger partial charge in [0.2, 0.25) is 5.91 Å². The predicted octanol–water partition coefficient (Wildman–Crippen LogP) is 5.60. The van der Waals surface area contributed by atoms with Crippen molar-refractivity contribution in [3.63, 3.8) is 0 Å². The van der Waals surface area contributed by atoms with Crippen molar-refractivity contribution in [3.8, 4) is 11.7 Å². The van der Waals surface area contributed by atoms with E-state index in [0.717, 1.165) is 38.4 Å². The predicted molar refractivity (Wildman–Crippen MR) is 113 cm³/mol. The van der Waals surface area contributed by atoms with Gasteiger partial charge in [-0.05, 0) is 30.9 Å². The van der Waals surface area contributed by atoms with Crippen LogP contribution in [0.25, 0.3) is 11.4 Å². The number of nitrogens with one attached hydrogen (secondary N) is 1. The minimum absolute atomic E-state index is 0.0397. The van der Waals surface area contributed by atoms with Crippen molar-refractivity contribution in [2.24, 2.45) is 13.0 Å². The summed E-state index contributed by atoms with van der Waals surface area (Å²) in [5, 5.41) is 9.31. The Labute approximate surface area is 217 Å². The number of carbonyl (C=O) groups is 1. The van der Waals surface area contributed by atoms with Crippen LogP contribution in [0.2, 0.25) is 0 Å². The van der Waals surface area contributed by atoms with Gasteiger partial charge in [0.1, 0.15) is 5.83 Å². The van der Waals surface area contributed by atoms with Crippen molar-refractivity contribution in [2.75, 3.05) is 0 Å². The highest BCUT2D eigenvalue weighted by Crippen LogP contribution is 2.44. The quantitative estimate of drug-likeness (QED) is 0.423. The van der Waals surface area contributed by atoms with E-state index in [1.54, 1.807) is 0 Å². The molecule has 18 heteroatoms. The molecule has 2 heterocycles. The fourth-order valence-corrected chi connectivity index (χ4v) is 4.02. The van der Waals surface area contributed by atoms with E-state index in [0.29, 0.717) is 9.36 Å². The highest BCUT2D eigenvalue weighted by molar-refractivity contribution is 6.32. The molecule has 2 aliphatic carbocycles. The lowest BCUT2D eigenvalue weighted by molar-refractivity contribution is -0.306. The maximum Gasteiger partial charge on any atom is 0.440 e. The smallest absolute Gasteiger partial charge is 0.410 e. The third-order valence-corrected chi connectivity index (χ3v) is 6.14. The summed E-state index contributed by atoms with van der Waals surface area (Å²) in [5.74, 6) is -5.58. The normalized spacial score (nSPS) is 19.7. The number of alkyl halides is 9. The second kappa shape index (κ2) is 9.75. The van der Waals surface area contributed by atoms with Gasteiger partial charge in [-0.2, -0.15) is 40.2 Å². The molecule has 1 saturated carbocycles. The van der Waals surface area contributed by atoms with Gasteiger partial charge in [-0.15, -0.1) is 5.10 Å². The van der Waals surface area contributed by atoms with Gasteiger partial charge in [-0.25, -0.2) is 18.1 Å². The lowest BCUT2D eigenvalue weighted by atomic mass is 9.89. The molecule has 0 saturated heterocycles. The van der Waals surface area contributed by atoms with E-state index >= 15 is 0 Å². The van der Waals surface area contributed by atoms with Crippen molar-refractivity contribution in [1.82, 2.24) is 24.9 Å². The first kappa shape index (κ1) is 28.8. The largest absolute Gasteiger partial charge is 0.440 e. The maximum absolute atomic E-state index is 14.7. The molecule has 2 unspecified atom stereocenters. The second-order valence-corrected chi connectivity index (χ2v) is 9.20. The number of rotatable bonds is 7. The third kappa shape index (κ3) is 5.86. The molecule has 1 fully saturated rings. The average molecular weight is 596 g/mol. The van der Waals surface area contributed by atoms with Crippen LogP contribution < -0.4 is 10.1 Å². The molecule has 2 atom stereocenters. The molecular weight excluding hydrogens is 580 g/mol. The van der Waals surface area contributed by atoms with Gasteiger partial charge in [-0.1, -0.05) is 11.6 Å². The molecule has 214 valence electrons. The van der Waals surface area contributed by atoms with Crippen LogP contribution in [0.1, 0.15) is 30.4 Å². The molecule has 0 radical (unpaired) electrons. The molecule has 1 amide bonds. The van der Waals surface area contributed by atoms with Gasteiger partial charge in [0.05, 0.1) is 12.1 Å². The highest BCUT2D eigenvalue weighted by Gasteiger charge is 2.60. The number of ether oxygens (including phenoxy) is 1. The minimum Gasteiger partial charge on any atom is -0.410 e. The maximum atomic E-state index is 14.7. The first-order valence-corrected chi connectivity index (χ1v) is 11.3. The molecule has 2 aliphatic rings. The molecule has 39 heavy (non-hydrogen) atoms. The molecule has 7 nitrogen and oxygen atoms in total. The van der Waals surface area contributed by atoms with Gasteiger partial charge in [-0.3, -0.25) is 4.79 Å².